The van der Waals surface area contributed by atoms with E-state index >= 15 is 0 Å². The molecule has 1 heterocycles. The zero-order valence-electron chi connectivity index (χ0n) is 14.6. The van der Waals surface area contributed by atoms with E-state index in [0.29, 0.717) is 43.6 Å². The third-order valence-electron chi connectivity index (χ3n) is 4.07. The monoisotopic (exact) mass is 356 g/mol. The zero-order chi connectivity index (χ0) is 17.4. The maximum Gasteiger partial charge on any atom is 0.243 e. The number of rotatable bonds is 9. The number of hydrogen-bond donors (Lipinski definition) is 0. The summed E-state index contributed by atoms with van der Waals surface area (Å²) in [5, 5.41) is 0. The molecule has 0 bridgehead atoms. The Labute approximate surface area is 145 Å². The molecule has 0 atom stereocenters. The van der Waals surface area contributed by atoms with Gasteiger partial charge in [0.05, 0.1) is 18.1 Å². The molecule has 1 fully saturated rings. The number of sulfonamides is 1. The number of unbranched alkanes of at least 4 members (excludes halogenated alkanes) is 1. The van der Waals surface area contributed by atoms with Gasteiger partial charge in [-0.1, -0.05) is 13.3 Å². The van der Waals surface area contributed by atoms with Gasteiger partial charge in [-0.25, -0.2) is 8.42 Å². The lowest BCUT2D eigenvalue weighted by molar-refractivity contribution is 0.0730. The Morgan fingerprint density at radius 3 is 2.46 bits per heavy atom. The van der Waals surface area contributed by atoms with Crippen molar-refractivity contribution in [2.45, 2.75) is 24.7 Å². The molecule has 0 N–H and O–H groups in total. The summed E-state index contributed by atoms with van der Waals surface area (Å²) in [6, 6.07) is 6.67. The van der Waals surface area contributed by atoms with Gasteiger partial charge in [-0.05, 0) is 44.3 Å². The van der Waals surface area contributed by atoms with Gasteiger partial charge in [0, 0.05) is 19.6 Å². The fourth-order valence-electron chi connectivity index (χ4n) is 2.50. The highest BCUT2D eigenvalue weighted by molar-refractivity contribution is 7.89. The second-order valence-corrected chi connectivity index (χ2v) is 7.93. The molecule has 0 spiro atoms. The topological polar surface area (TPSA) is 59.1 Å². The summed E-state index contributed by atoms with van der Waals surface area (Å²) in [5.74, 6) is 0.694. The molecule has 1 saturated heterocycles. The summed E-state index contributed by atoms with van der Waals surface area (Å²) in [7, 11) is -1.35. The highest BCUT2D eigenvalue weighted by Gasteiger charge is 2.26. The molecule has 0 aromatic heterocycles. The summed E-state index contributed by atoms with van der Waals surface area (Å²) in [4.78, 5) is 2.54. The lowest BCUT2D eigenvalue weighted by Crippen LogP contribution is -2.40. The van der Waals surface area contributed by atoms with Crippen LogP contribution in [0.4, 0.5) is 0 Å². The first kappa shape index (κ1) is 19.2. The van der Waals surface area contributed by atoms with E-state index in [4.69, 9.17) is 9.47 Å². The second-order valence-electron chi connectivity index (χ2n) is 5.99. The fraction of sp³-hybridized carbons (Fsp3) is 0.647. The normalized spacial score (nSPS) is 16.5. The minimum atomic E-state index is -3.43. The van der Waals surface area contributed by atoms with Crippen LogP contribution >= 0.6 is 0 Å². The predicted octanol–water partition coefficient (Wildman–Crippen LogP) is 1.82. The Kier molecular flexibility index (Phi) is 7.48. The molecule has 1 aliphatic rings. The summed E-state index contributed by atoms with van der Waals surface area (Å²) in [6.07, 6.45) is 2.37. The molecule has 24 heavy (non-hydrogen) atoms. The van der Waals surface area contributed by atoms with E-state index in [-0.39, 0.29) is 0 Å². The Hall–Kier alpha value is -1.15. The van der Waals surface area contributed by atoms with Crippen molar-refractivity contribution in [2.24, 2.45) is 0 Å². The zero-order valence-corrected chi connectivity index (χ0v) is 15.4. The minimum Gasteiger partial charge on any atom is -0.492 e. The van der Waals surface area contributed by atoms with Crippen molar-refractivity contribution in [3.05, 3.63) is 24.3 Å². The van der Waals surface area contributed by atoms with Crippen LogP contribution < -0.4 is 4.74 Å². The third-order valence-corrected chi connectivity index (χ3v) is 5.98. The first-order chi connectivity index (χ1) is 11.5. The Morgan fingerprint density at radius 2 is 1.83 bits per heavy atom. The molecule has 2 rings (SSSR count). The van der Waals surface area contributed by atoms with Crippen molar-refractivity contribution in [3.63, 3.8) is 0 Å². The summed E-state index contributed by atoms with van der Waals surface area (Å²) in [6.45, 7) is 6.41. The highest BCUT2D eigenvalue weighted by atomic mass is 32.2. The Balaban J connectivity index is 1.86. The van der Waals surface area contributed by atoms with Crippen LogP contribution in [-0.2, 0) is 14.8 Å². The number of morpholine rings is 1. The van der Waals surface area contributed by atoms with Crippen molar-refractivity contribution in [1.82, 2.24) is 9.21 Å². The Bertz CT molecular complexity index is 583. The quantitative estimate of drug-likeness (QED) is 0.675. The van der Waals surface area contributed by atoms with Gasteiger partial charge in [-0.2, -0.15) is 4.31 Å². The Morgan fingerprint density at radius 1 is 1.17 bits per heavy atom. The van der Waals surface area contributed by atoms with Crippen molar-refractivity contribution in [1.29, 1.82) is 0 Å². The van der Waals surface area contributed by atoms with Gasteiger partial charge in [0.25, 0.3) is 0 Å². The molecule has 136 valence electrons. The van der Waals surface area contributed by atoms with Gasteiger partial charge in [-0.3, -0.25) is 0 Å². The molecule has 1 aliphatic heterocycles. The van der Waals surface area contributed by atoms with E-state index in [1.54, 1.807) is 24.3 Å². The van der Waals surface area contributed by atoms with Crippen molar-refractivity contribution in [3.8, 4) is 5.75 Å². The molecule has 0 saturated carbocycles. The van der Waals surface area contributed by atoms with Crippen LogP contribution in [0, 0.1) is 0 Å². The van der Waals surface area contributed by atoms with E-state index in [9.17, 15) is 8.42 Å². The molecular formula is C17H28N2O4S. The molecular weight excluding hydrogens is 328 g/mol. The summed E-state index contributed by atoms with van der Waals surface area (Å²) in [5.41, 5.74) is 0. The van der Waals surface area contributed by atoms with Crippen LogP contribution in [0.1, 0.15) is 19.8 Å². The van der Waals surface area contributed by atoms with E-state index in [1.807, 2.05) is 0 Å². The standard InChI is InChI=1S/C17H28N2O4S/c1-3-4-9-18(2)10-15-23-16-5-7-17(8-6-16)24(20,21)19-11-13-22-14-12-19/h5-8H,3-4,9-15H2,1-2H3. The van der Waals surface area contributed by atoms with Gasteiger partial charge in [0.1, 0.15) is 12.4 Å². The van der Waals surface area contributed by atoms with Crippen LogP contribution in [0.5, 0.6) is 5.75 Å². The number of hydrogen-bond acceptors (Lipinski definition) is 5. The van der Waals surface area contributed by atoms with Crippen molar-refractivity contribution < 1.29 is 17.9 Å². The molecule has 1 aromatic rings. The predicted molar refractivity (Wildman–Crippen MR) is 93.9 cm³/mol. The first-order valence-electron chi connectivity index (χ1n) is 8.53. The number of ether oxygens (including phenoxy) is 2. The second kappa shape index (κ2) is 9.36. The van der Waals surface area contributed by atoms with Gasteiger partial charge >= 0.3 is 0 Å². The van der Waals surface area contributed by atoms with E-state index < -0.39 is 10.0 Å². The summed E-state index contributed by atoms with van der Waals surface area (Å²) >= 11 is 0. The molecule has 0 unspecified atom stereocenters. The van der Waals surface area contributed by atoms with E-state index in [1.165, 1.54) is 17.1 Å². The van der Waals surface area contributed by atoms with Crippen LogP contribution in [0.25, 0.3) is 0 Å². The van der Waals surface area contributed by atoms with Gasteiger partial charge < -0.3 is 14.4 Å². The summed E-state index contributed by atoms with van der Waals surface area (Å²) < 4.78 is 37.4. The highest BCUT2D eigenvalue weighted by Crippen LogP contribution is 2.20. The number of nitrogens with zero attached hydrogens (tertiary/aromatic N) is 2. The minimum absolute atomic E-state index is 0.303. The largest absolute Gasteiger partial charge is 0.492 e. The molecule has 6 nitrogen and oxygen atoms in total. The molecule has 0 radical (unpaired) electrons. The van der Waals surface area contributed by atoms with E-state index in [0.717, 1.165) is 13.1 Å². The van der Waals surface area contributed by atoms with Crippen LogP contribution in [0.15, 0.2) is 29.2 Å². The van der Waals surface area contributed by atoms with Crippen molar-refractivity contribution in [2.75, 3.05) is 53.0 Å². The van der Waals surface area contributed by atoms with Crippen LogP contribution in [-0.4, -0.2) is 70.7 Å². The average Bonchev–Trinajstić information content (AvgIpc) is 2.61. The number of likely N-dealkylation sites (N-methyl/N-ethyl adjacent to an activating group) is 1. The van der Waals surface area contributed by atoms with Crippen molar-refractivity contribution >= 4 is 10.0 Å². The fourth-order valence-corrected chi connectivity index (χ4v) is 3.91. The number of benzene rings is 1. The molecule has 1 aromatic carbocycles. The lowest BCUT2D eigenvalue weighted by Gasteiger charge is -2.26. The molecule has 7 heteroatoms. The van der Waals surface area contributed by atoms with Crippen LogP contribution in [0.3, 0.4) is 0 Å². The third kappa shape index (κ3) is 5.44. The van der Waals surface area contributed by atoms with Gasteiger partial charge in [0.15, 0.2) is 0 Å². The lowest BCUT2D eigenvalue weighted by atomic mass is 10.3. The SMILES string of the molecule is CCCCN(C)CCOc1ccc(S(=O)(=O)N2CCOCC2)cc1. The molecule has 0 aliphatic carbocycles. The van der Waals surface area contributed by atoms with Gasteiger partial charge in [0.2, 0.25) is 10.0 Å². The molecule has 0 amide bonds. The smallest absolute Gasteiger partial charge is 0.243 e. The average molecular weight is 356 g/mol. The maximum absolute atomic E-state index is 12.5. The first-order valence-corrected chi connectivity index (χ1v) is 9.97. The van der Waals surface area contributed by atoms with Gasteiger partial charge in [-0.15, -0.1) is 0 Å². The van der Waals surface area contributed by atoms with E-state index in [2.05, 4.69) is 18.9 Å². The maximum atomic E-state index is 12.5. The van der Waals surface area contributed by atoms with Crippen LogP contribution in [0.2, 0.25) is 0 Å².